The van der Waals surface area contributed by atoms with Crippen molar-refractivity contribution < 1.29 is 14.3 Å². The number of carbonyl (C=O) groups excluding carboxylic acids is 2. The number of rotatable bonds is 3. The smallest absolute Gasteiger partial charge is 0.407 e. The average Bonchev–Trinajstić information content (AvgIpc) is 2.52. The molecule has 1 N–H and O–H groups in total. The van der Waals surface area contributed by atoms with Crippen molar-refractivity contribution in [1.82, 2.24) is 10.2 Å². The SMILES string of the molecule is COC(=O)NCC(=O)N1CCN(c2cccc(Cl)c2)CC1. The Kier molecular flexibility index (Phi) is 5.27. The minimum absolute atomic E-state index is 0.0379. The summed E-state index contributed by atoms with van der Waals surface area (Å²) in [7, 11) is 1.27. The van der Waals surface area contributed by atoms with E-state index >= 15 is 0 Å². The number of hydrogen-bond donors (Lipinski definition) is 1. The van der Waals surface area contributed by atoms with E-state index in [1.54, 1.807) is 4.90 Å². The van der Waals surface area contributed by atoms with Crippen molar-refractivity contribution in [1.29, 1.82) is 0 Å². The molecule has 0 unspecified atom stereocenters. The standard InChI is InChI=1S/C14H18ClN3O3/c1-21-14(20)16-10-13(19)18-7-5-17(6-8-18)12-4-2-3-11(15)9-12/h2-4,9H,5-8,10H2,1H3,(H,16,20). The number of methoxy groups -OCH3 is 1. The second-order valence-corrected chi connectivity index (χ2v) is 5.13. The summed E-state index contributed by atoms with van der Waals surface area (Å²) in [4.78, 5) is 26.8. The van der Waals surface area contributed by atoms with Crippen LogP contribution in [0, 0.1) is 0 Å². The number of benzene rings is 1. The second kappa shape index (κ2) is 7.17. The van der Waals surface area contributed by atoms with Crippen LogP contribution in [0.4, 0.5) is 10.5 Å². The highest BCUT2D eigenvalue weighted by atomic mass is 35.5. The molecule has 1 aromatic rings. The van der Waals surface area contributed by atoms with Crippen LogP contribution in [-0.2, 0) is 9.53 Å². The maximum Gasteiger partial charge on any atom is 0.407 e. The number of anilines is 1. The molecule has 6 nitrogen and oxygen atoms in total. The van der Waals surface area contributed by atoms with Crippen molar-refractivity contribution in [2.24, 2.45) is 0 Å². The van der Waals surface area contributed by atoms with Crippen molar-refractivity contribution in [3.8, 4) is 0 Å². The highest BCUT2D eigenvalue weighted by molar-refractivity contribution is 6.30. The Bertz CT molecular complexity index is 516. The van der Waals surface area contributed by atoms with E-state index in [9.17, 15) is 9.59 Å². The van der Waals surface area contributed by atoms with Crippen molar-refractivity contribution in [3.63, 3.8) is 0 Å². The molecule has 0 atom stereocenters. The zero-order valence-electron chi connectivity index (χ0n) is 11.8. The van der Waals surface area contributed by atoms with E-state index in [4.69, 9.17) is 11.6 Å². The molecule has 2 amide bonds. The van der Waals surface area contributed by atoms with Crippen molar-refractivity contribution in [2.45, 2.75) is 0 Å². The maximum absolute atomic E-state index is 11.9. The van der Waals surface area contributed by atoms with E-state index in [1.165, 1.54) is 7.11 Å². The minimum Gasteiger partial charge on any atom is -0.453 e. The molecule has 1 heterocycles. The van der Waals surface area contributed by atoms with Gasteiger partial charge in [-0.05, 0) is 18.2 Å². The fraction of sp³-hybridized carbons (Fsp3) is 0.429. The van der Waals surface area contributed by atoms with Crippen LogP contribution in [0.25, 0.3) is 0 Å². The molecule has 21 heavy (non-hydrogen) atoms. The number of alkyl carbamates (subject to hydrolysis) is 1. The molecule has 0 radical (unpaired) electrons. The molecule has 0 saturated carbocycles. The fourth-order valence-electron chi connectivity index (χ4n) is 2.22. The third kappa shape index (κ3) is 4.26. The molecular formula is C14H18ClN3O3. The van der Waals surface area contributed by atoms with Gasteiger partial charge in [-0.15, -0.1) is 0 Å². The first-order chi connectivity index (χ1) is 10.1. The number of nitrogens with zero attached hydrogens (tertiary/aromatic N) is 2. The first-order valence-electron chi connectivity index (χ1n) is 6.70. The molecule has 1 saturated heterocycles. The normalized spacial score (nSPS) is 14.8. The molecule has 0 aliphatic carbocycles. The van der Waals surface area contributed by atoms with Crippen LogP contribution in [0.5, 0.6) is 0 Å². The predicted octanol–water partition coefficient (Wildman–Crippen LogP) is 1.34. The lowest BCUT2D eigenvalue weighted by Crippen LogP contribution is -2.51. The van der Waals surface area contributed by atoms with Gasteiger partial charge in [0.25, 0.3) is 0 Å². The molecule has 0 aromatic heterocycles. The van der Waals surface area contributed by atoms with Crippen LogP contribution in [0.3, 0.4) is 0 Å². The molecule has 1 fully saturated rings. The van der Waals surface area contributed by atoms with Gasteiger partial charge < -0.3 is 19.9 Å². The van der Waals surface area contributed by atoms with E-state index in [0.717, 1.165) is 18.8 Å². The van der Waals surface area contributed by atoms with Crippen molar-refractivity contribution >= 4 is 29.3 Å². The molecule has 2 rings (SSSR count). The van der Waals surface area contributed by atoms with Gasteiger partial charge in [0.2, 0.25) is 5.91 Å². The van der Waals surface area contributed by atoms with Crippen LogP contribution in [0.2, 0.25) is 5.02 Å². The first-order valence-corrected chi connectivity index (χ1v) is 7.08. The molecule has 0 bridgehead atoms. The lowest BCUT2D eigenvalue weighted by molar-refractivity contribution is -0.130. The average molecular weight is 312 g/mol. The summed E-state index contributed by atoms with van der Waals surface area (Å²) < 4.78 is 4.43. The number of hydrogen-bond acceptors (Lipinski definition) is 4. The van der Waals surface area contributed by atoms with Gasteiger partial charge in [0.05, 0.1) is 7.11 Å². The van der Waals surface area contributed by atoms with E-state index in [-0.39, 0.29) is 12.5 Å². The zero-order chi connectivity index (χ0) is 15.2. The van der Waals surface area contributed by atoms with Crippen LogP contribution < -0.4 is 10.2 Å². The summed E-state index contributed by atoms with van der Waals surface area (Å²) in [5, 5.41) is 3.10. The first kappa shape index (κ1) is 15.4. The Hall–Kier alpha value is -1.95. The van der Waals surface area contributed by atoms with Crippen LogP contribution in [0.1, 0.15) is 0 Å². The highest BCUT2D eigenvalue weighted by Crippen LogP contribution is 2.20. The lowest BCUT2D eigenvalue weighted by atomic mass is 10.2. The summed E-state index contributed by atoms with van der Waals surface area (Å²) >= 11 is 5.98. The molecule has 7 heteroatoms. The second-order valence-electron chi connectivity index (χ2n) is 4.69. The summed E-state index contributed by atoms with van der Waals surface area (Å²) in [6.45, 7) is 2.68. The number of carbonyl (C=O) groups is 2. The van der Waals surface area contributed by atoms with Crippen LogP contribution >= 0.6 is 11.6 Å². The number of piperazine rings is 1. The van der Waals surface area contributed by atoms with Crippen molar-refractivity contribution in [3.05, 3.63) is 29.3 Å². The fourth-order valence-corrected chi connectivity index (χ4v) is 2.40. The van der Waals surface area contributed by atoms with Gasteiger partial charge in [-0.3, -0.25) is 4.79 Å². The van der Waals surface area contributed by atoms with Gasteiger partial charge in [0.1, 0.15) is 6.54 Å². The van der Waals surface area contributed by atoms with E-state index in [2.05, 4.69) is 15.0 Å². The molecule has 0 spiro atoms. The Morgan fingerprint density at radius 1 is 1.29 bits per heavy atom. The molecule has 114 valence electrons. The zero-order valence-corrected chi connectivity index (χ0v) is 12.6. The molecule has 1 aliphatic heterocycles. The summed E-state index contributed by atoms with van der Waals surface area (Å²) in [6.07, 6.45) is -0.596. The Morgan fingerprint density at radius 3 is 2.62 bits per heavy atom. The third-order valence-corrected chi connectivity index (χ3v) is 3.61. The van der Waals surface area contributed by atoms with Crippen LogP contribution in [0.15, 0.2) is 24.3 Å². The quantitative estimate of drug-likeness (QED) is 0.915. The summed E-state index contributed by atoms with van der Waals surface area (Å²) in [6, 6.07) is 7.67. The maximum atomic E-state index is 11.9. The topological polar surface area (TPSA) is 61.9 Å². The molecular weight excluding hydrogens is 294 g/mol. The Labute approximate surface area is 128 Å². The van der Waals surface area contributed by atoms with Gasteiger partial charge in [-0.1, -0.05) is 17.7 Å². The lowest BCUT2D eigenvalue weighted by Gasteiger charge is -2.36. The third-order valence-electron chi connectivity index (χ3n) is 3.38. The number of ether oxygens (including phenoxy) is 1. The van der Waals surface area contributed by atoms with Gasteiger partial charge >= 0.3 is 6.09 Å². The van der Waals surface area contributed by atoms with Crippen LogP contribution in [-0.4, -0.2) is 56.7 Å². The van der Waals surface area contributed by atoms with E-state index in [1.807, 2.05) is 24.3 Å². The largest absolute Gasteiger partial charge is 0.453 e. The Balaban J connectivity index is 1.83. The van der Waals surface area contributed by atoms with E-state index < -0.39 is 6.09 Å². The van der Waals surface area contributed by atoms with Gasteiger partial charge in [-0.25, -0.2) is 4.79 Å². The monoisotopic (exact) mass is 311 g/mol. The van der Waals surface area contributed by atoms with Gasteiger partial charge in [-0.2, -0.15) is 0 Å². The number of halogens is 1. The predicted molar refractivity (Wildman–Crippen MR) is 80.7 cm³/mol. The van der Waals surface area contributed by atoms with E-state index in [0.29, 0.717) is 18.1 Å². The highest BCUT2D eigenvalue weighted by Gasteiger charge is 2.21. The minimum atomic E-state index is -0.596. The molecule has 1 aliphatic rings. The van der Waals surface area contributed by atoms with Gasteiger partial charge in [0, 0.05) is 36.9 Å². The molecule has 1 aromatic carbocycles. The van der Waals surface area contributed by atoms with Crippen molar-refractivity contribution in [2.75, 3.05) is 44.7 Å². The summed E-state index contributed by atoms with van der Waals surface area (Å²) in [5.74, 6) is -0.105. The number of amides is 2. The number of nitrogens with one attached hydrogen (secondary N) is 1. The van der Waals surface area contributed by atoms with Gasteiger partial charge in [0.15, 0.2) is 0 Å². The Morgan fingerprint density at radius 2 is 2.00 bits per heavy atom. The summed E-state index contributed by atoms with van der Waals surface area (Å²) in [5.41, 5.74) is 1.06.